The Morgan fingerprint density at radius 1 is 0.800 bits per heavy atom. The predicted molar refractivity (Wildman–Crippen MR) is 124 cm³/mol. The maximum atomic E-state index is 12.6. The molecule has 5 amide bonds. The number of nitrogens with one attached hydrogen (secondary N) is 3. The largest absolute Gasteiger partial charge is 0.480 e. The van der Waals surface area contributed by atoms with Crippen molar-refractivity contribution in [1.29, 1.82) is 0 Å². The molecule has 4 atom stereocenters. The summed E-state index contributed by atoms with van der Waals surface area (Å²) in [6.07, 6.45) is -0.809. The van der Waals surface area contributed by atoms with Crippen LogP contribution in [0.5, 0.6) is 0 Å². The monoisotopic (exact) mass is 492 g/mol. The number of rotatable bonds is 15. The lowest BCUT2D eigenvalue weighted by atomic mass is 10.1. The van der Waals surface area contributed by atoms with Crippen LogP contribution in [0.1, 0.15) is 38.2 Å². The van der Waals surface area contributed by atoms with E-state index >= 15 is 0 Å². The molecule has 0 spiro atoms. The number of primary amides is 2. The lowest BCUT2D eigenvalue weighted by Crippen LogP contribution is -2.56. The average molecular weight is 493 g/mol. The van der Waals surface area contributed by atoms with Gasteiger partial charge in [0.15, 0.2) is 0 Å². The van der Waals surface area contributed by atoms with Crippen LogP contribution in [0.15, 0.2) is 30.3 Å². The van der Waals surface area contributed by atoms with E-state index in [1.165, 1.54) is 6.92 Å². The topological polar surface area (TPSA) is 237 Å². The van der Waals surface area contributed by atoms with E-state index in [0.717, 1.165) is 5.56 Å². The second-order valence-electron chi connectivity index (χ2n) is 8.00. The SMILES string of the molecule is CC(NC(=O)C(N)Cc1ccccc1)C(=O)NC(CCC(N)=O)C(=O)NC(CCC(N)=O)C(=O)O. The van der Waals surface area contributed by atoms with Crippen molar-refractivity contribution in [2.75, 3.05) is 0 Å². The van der Waals surface area contributed by atoms with Gasteiger partial charge in [0.2, 0.25) is 29.5 Å². The fourth-order valence-corrected chi connectivity index (χ4v) is 3.02. The van der Waals surface area contributed by atoms with E-state index in [1.807, 2.05) is 6.07 Å². The predicted octanol–water partition coefficient (Wildman–Crippen LogP) is -2.35. The summed E-state index contributed by atoms with van der Waals surface area (Å²) >= 11 is 0. The second-order valence-corrected chi connectivity index (χ2v) is 8.00. The quantitative estimate of drug-likeness (QED) is 0.139. The molecule has 0 aromatic heterocycles. The molecule has 0 fully saturated rings. The summed E-state index contributed by atoms with van der Waals surface area (Å²) in [6.45, 7) is 1.37. The van der Waals surface area contributed by atoms with Crippen molar-refractivity contribution < 1.29 is 33.9 Å². The van der Waals surface area contributed by atoms with E-state index in [2.05, 4.69) is 16.0 Å². The Morgan fingerprint density at radius 3 is 1.83 bits per heavy atom. The first-order valence-electron chi connectivity index (χ1n) is 10.9. The molecule has 0 saturated heterocycles. The van der Waals surface area contributed by atoms with Crippen LogP contribution in [-0.4, -0.2) is 64.8 Å². The normalized spacial score (nSPS) is 14.0. The highest BCUT2D eigenvalue weighted by Gasteiger charge is 2.29. The van der Waals surface area contributed by atoms with Crippen molar-refractivity contribution in [3.8, 4) is 0 Å². The lowest BCUT2D eigenvalue weighted by molar-refractivity contribution is -0.142. The van der Waals surface area contributed by atoms with Crippen LogP contribution < -0.4 is 33.2 Å². The highest BCUT2D eigenvalue weighted by Crippen LogP contribution is 2.04. The van der Waals surface area contributed by atoms with Gasteiger partial charge in [0.05, 0.1) is 6.04 Å². The Morgan fingerprint density at radius 2 is 1.31 bits per heavy atom. The van der Waals surface area contributed by atoms with E-state index < -0.39 is 59.7 Å². The minimum atomic E-state index is -1.45. The van der Waals surface area contributed by atoms with Gasteiger partial charge in [-0.15, -0.1) is 0 Å². The van der Waals surface area contributed by atoms with Gasteiger partial charge in [-0.05, 0) is 31.7 Å². The molecule has 35 heavy (non-hydrogen) atoms. The lowest BCUT2D eigenvalue weighted by Gasteiger charge is -2.23. The minimum Gasteiger partial charge on any atom is -0.480 e. The molecule has 0 aliphatic heterocycles. The van der Waals surface area contributed by atoms with E-state index in [4.69, 9.17) is 17.2 Å². The van der Waals surface area contributed by atoms with Gasteiger partial charge in [-0.2, -0.15) is 0 Å². The number of carbonyl (C=O) groups excluding carboxylic acids is 5. The highest BCUT2D eigenvalue weighted by atomic mass is 16.4. The summed E-state index contributed by atoms with van der Waals surface area (Å²) in [4.78, 5) is 71.2. The number of nitrogens with two attached hydrogens (primary N) is 3. The van der Waals surface area contributed by atoms with Crippen LogP contribution in [-0.2, 0) is 35.2 Å². The van der Waals surface area contributed by atoms with Crippen molar-refractivity contribution in [3.05, 3.63) is 35.9 Å². The fourth-order valence-electron chi connectivity index (χ4n) is 3.02. The Hall–Kier alpha value is -4.00. The van der Waals surface area contributed by atoms with Gasteiger partial charge in [-0.25, -0.2) is 4.79 Å². The molecule has 0 heterocycles. The molecule has 0 radical (unpaired) electrons. The summed E-state index contributed by atoms with van der Waals surface area (Å²) in [7, 11) is 0. The van der Waals surface area contributed by atoms with Crippen LogP contribution in [0.25, 0.3) is 0 Å². The van der Waals surface area contributed by atoms with E-state index in [-0.39, 0.29) is 32.1 Å². The first kappa shape index (κ1) is 29.0. The number of carboxylic acids is 1. The second kappa shape index (κ2) is 14.3. The summed E-state index contributed by atoms with van der Waals surface area (Å²) in [5.74, 6) is -5.16. The van der Waals surface area contributed by atoms with Crippen LogP contribution in [0.2, 0.25) is 0 Å². The molecule has 0 aliphatic rings. The summed E-state index contributed by atoms with van der Waals surface area (Å²) in [5, 5.41) is 16.3. The van der Waals surface area contributed by atoms with Crippen LogP contribution in [0.4, 0.5) is 0 Å². The van der Waals surface area contributed by atoms with Gasteiger partial charge in [0.25, 0.3) is 0 Å². The third-order valence-electron chi connectivity index (χ3n) is 4.99. The molecule has 13 nitrogen and oxygen atoms in total. The average Bonchev–Trinajstić information content (AvgIpc) is 2.78. The molecule has 1 aromatic rings. The fraction of sp³-hybridized carbons (Fsp3) is 0.455. The number of hydrogen-bond donors (Lipinski definition) is 7. The van der Waals surface area contributed by atoms with Gasteiger partial charge in [-0.1, -0.05) is 30.3 Å². The Balaban J connectivity index is 2.78. The molecule has 192 valence electrons. The standard InChI is InChI=1S/C22H32N6O7/c1-12(26-20(32)14(23)11-13-5-3-2-4-6-13)19(31)27-15(7-9-17(24)29)21(33)28-16(22(34)35)8-10-18(25)30/h2-6,12,14-16H,7-11,23H2,1H3,(H2,24,29)(H2,25,30)(H,26,32)(H,27,31)(H,28,33)(H,34,35). The zero-order valence-corrected chi connectivity index (χ0v) is 19.4. The number of carbonyl (C=O) groups is 6. The summed E-state index contributed by atoms with van der Waals surface area (Å²) in [6, 6.07) is 4.23. The third kappa shape index (κ3) is 11.1. The Kier molecular flexibility index (Phi) is 11.9. The highest BCUT2D eigenvalue weighted by molar-refractivity contribution is 5.94. The maximum Gasteiger partial charge on any atom is 0.326 e. The minimum absolute atomic E-state index is 0.219. The van der Waals surface area contributed by atoms with Gasteiger partial charge >= 0.3 is 5.97 Å². The van der Waals surface area contributed by atoms with Crippen molar-refractivity contribution in [2.24, 2.45) is 17.2 Å². The van der Waals surface area contributed by atoms with Crippen molar-refractivity contribution in [2.45, 2.75) is 63.2 Å². The number of hydrogen-bond acceptors (Lipinski definition) is 7. The van der Waals surface area contributed by atoms with Gasteiger partial charge in [0.1, 0.15) is 18.1 Å². The smallest absolute Gasteiger partial charge is 0.326 e. The van der Waals surface area contributed by atoms with Crippen LogP contribution in [0.3, 0.4) is 0 Å². The molecule has 1 rings (SSSR count). The van der Waals surface area contributed by atoms with Gasteiger partial charge in [0, 0.05) is 12.8 Å². The molecule has 4 unspecified atom stereocenters. The Labute approximate surface area is 202 Å². The third-order valence-corrected chi connectivity index (χ3v) is 4.99. The summed E-state index contributed by atoms with van der Waals surface area (Å²) in [5.41, 5.74) is 16.9. The van der Waals surface area contributed by atoms with Gasteiger partial charge < -0.3 is 38.3 Å². The molecule has 10 N–H and O–H groups in total. The number of benzene rings is 1. The molecular formula is C22H32N6O7. The zero-order valence-electron chi connectivity index (χ0n) is 19.4. The van der Waals surface area contributed by atoms with E-state index in [1.54, 1.807) is 24.3 Å². The first-order valence-corrected chi connectivity index (χ1v) is 10.9. The van der Waals surface area contributed by atoms with Crippen molar-refractivity contribution >= 4 is 35.5 Å². The zero-order chi connectivity index (χ0) is 26.5. The first-order chi connectivity index (χ1) is 16.4. The number of carboxylic acid groups (broad SMARTS) is 1. The van der Waals surface area contributed by atoms with Crippen LogP contribution in [0, 0.1) is 0 Å². The number of amides is 5. The molecule has 0 aliphatic carbocycles. The number of aliphatic carboxylic acids is 1. The van der Waals surface area contributed by atoms with Crippen molar-refractivity contribution in [1.82, 2.24) is 16.0 Å². The molecule has 1 aromatic carbocycles. The van der Waals surface area contributed by atoms with Crippen LogP contribution >= 0.6 is 0 Å². The molecule has 0 bridgehead atoms. The molecule has 0 saturated carbocycles. The molecule has 13 heteroatoms. The molecular weight excluding hydrogens is 460 g/mol. The maximum absolute atomic E-state index is 12.6. The van der Waals surface area contributed by atoms with E-state index in [9.17, 15) is 33.9 Å². The summed E-state index contributed by atoms with van der Waals surface area (Å²) < 4.78 is 0. The van der Waals surface area contributed by atoms with Crippen molar-refractivity contribution in [3.63, 3.8) is 0 Å². The Bertz CT molecular complexity index is 924. The van der Waals surface area contributed by atoms with E-state index in [0.29, 0.717) is 0 Å². The van der Waals surface area contributed by atoms with Gasteiger partial charge in [-0.3, -0.25) is 24.0 Å².